The number of rotatable bonds is 8. The van der Waals surface area contributed by atoms with Gasteiger partial charge in [0.05, 0.1) is 10.2 Å². The lowest BCUT2D eigenvalue weighted by Crippen LogP contribution is -2.30. The van der Waals surface area contributed by atoms with Crippen LogP contribution in [0.25, 0.3) is 22.3 Å². The lowest BCUT2D eigenvalue weighted by atomic mass is 10.1. The fraction of sp³-hybridized carbons (Fsp3) is 0.250. The molecule has 4 rings (SSSR count). The Bertz CT molecular complexity index is 1630. The van der Waals surface area contributed by atoms with Crippen molar-refractivity contribution in [3.05, 3.63) is 64.0 Å². The Balaban J connectivity index is 1.77. The second kappa shape index (κ2) is 10.3. The molecule has 0 saturated carbocycles. The molecule has 14 heteroatoms. The molecule has 0 aliphatic heterocycles. The fourth-order valence-corrected chi connectivity index (χ4v) is 5.19. The van der Waals surface area contributed by atoms with E-state index in [4.69, 9.17) is 10.2 Å². The van der Waals surface area contributed by atoms with Crippen LogP contribution in [-0.2, 0) is 23.0 Å². The number of nitrogens with two attached hydrogens (primary N) is 1. The molecule has 2 heterocycles. The maximum atomic E-state index is 13.0. The Hall–Kier alpha value is -3.52. The standard InChI is InChI=1S/C24H23BrF3N5O4S/c1-3-6-18-31-22(29)20(23(34)30-2)33(18)12-13-9-10-17-15(11-13)19(25)21(37-17)14-7-4-5-8-16(14)32-38(35,36)24(26,27)28/h4-5,7-11,32H,3,6,12,29H2,1-2H3,(H,30,34). The van der Waals surface area contributed by atoms with Gasteiger partial charge in [0.25, 0.3) is 5.91 Å². The quantitative estimate of drug-likeness (QED) is 0.248. The minimum atomic E-state index is -5.64. The van der Waals surface area contributed by atoms with Crippen molar-refractivity contribution in [2.75, 3.05) is 17.5 Å². The molecule has 0 aliphatic carbocycles. The first-order chi connectivity index (χ1) is 17.9. The molecule has 2 aromatic carbocycles. The highest BCUT2D eigenvalue weighted by molar-refractivity contribution is 9.10. The summed E-state index contributed by atoms with van der Waals surface area (Å²) < 4.78 is 72.1. The van der Waals surface area contributed by atoms with E-state index in [9.17, 15) is 26.4 Å². The number of halogens is 4. The summed E-state index contributed by atoms with van der Waals surface area (Å²) >= 11 is 3.46. The van der Waals surface area contributed by atoms with Gasteiger partial charge in [0.15, 0.2) is 17.3 Å². The number of para-hydroxylation sites is 1. The van der Waals surface area contributed by atoms with Crippen LogP contribution in [-0.4, -0.2) is 36.4 Å². The molecule has 202 valence electrons. The highest BCUT2D eigenvalue weighted by Crippen LogP contribution is 2.42. The van der Waals surface area contributed by atoms with E-state index in [1.807, 2.05) is 6.92 Å². The van der Waals surface area contributed by atoms with Crippen LogP contribution in [0.4, 0.5) is 24.7 Å². The number of benzene rings is 2. The number of carbonyl (C=O) groups excluding carboxylic acids is 1. The van der Waals surface area contributed by atoms with E-state index in [1.54, 1.807) is 33.6 Å². The summed E-state index contributed by atoms with van der Waals surface area (Å²) in [7, 11) is -4.14. The molecule has 0 saturated heterocycles. The number of nitrogen functional groups attached to an aromatic ring is 1. The number of sulfonamides is 1. The lowest BCUT2D eigenvalue weighted by Gasteiger charge is -2.13. The molecule has 38 heavy (non-hydrogen) atoms. The predicted molar refractivity (Wildman–Crippen MR) is 141 cm³/mol. The highest BCUT2D eigenvalue weighted by atomic mass is 79.9. The number of imidazole rings is 1. The van der Waals surface area contributed by atoms with E-state index in [2.05, 4.69) is 26.2 Å². The summed E-state index contributed by atoms with van der Waals surface area (Å²) in [6.45, 7) is 2.25. The number of anilines is 2. The Morgan fingerprint density at radius 2 is 1.92 bits per heavy atom. The maximum Gasteiger partial charge on any atom is 0.516 e. The molecule has 0 spiro atoms. The number of aryl methyl sites for hydroxylation is 1. The second-order valence-corrected chi connectivity index (χ2v) is 10.8. The molecule has 9 nitrogen and oxygen atoms in total. The van der Waals surface area contributed by atoms with Crippen molar-refractivity contribution < 1.29 is 30.8 Å². The SMILES string of the molecule is CCCc1nc(N)c(C(=O)NC)n1Cc1ccc2oc(-c3ccccc3NS(=O)(=O)C(F)(F)F)c(Br)c2c1. The molecule has 1 amide bonds. The zero-order valence-electron chi connectivity index (χ0n) is 20.2. The van der Waals surface area contributed by atoms with E-state index in [0.29, 0.717) is 27.7 Å². The van der Waals surface area contributed by atoms with Crippen LogP contribution in [0.1, 0.15) is 35.2 Å². The number of amides is 1. The van der Waals surface area contributed by atoms with Crippen LogP contribution >= 0.6 is 15.9 Å². The zero-order chi connectivity index (χ0) is 27.8. The Labute approximate surface area is 224 Å². The van der Waals surface area contributed by atoms with Crippen LogP contribution in [0.2, 0.25) is 0 Å². The van der Waals surface area contributed by atoms with Crippen LogP contribution in [0, 0.1) is 0 Å². The summed E-state index contributed by atoms with van der Waals surface area (Å²) in [5.74, 6) is 0.547. The topological polar surface area (TPSA) is 132 Å². The highest BCUT2D eigenvalue weighted by Gasteiger charge is 2.46. The number of nitrogens with one attached hydrogen (secondary N) is 2. The molecular formula is C24H23BrF3N5O4S. The number of hydrogen-bond acceptors (Lipinski definition) is 6. The van der Waals surface area contributed by atoms with Gasteiger partial charge < -0.3 is 20.0 Å². The van der Waals surface area contributed by atoms with E-state index in [-0.39, 0.29) is 41.0 Å². The molecule has 0 atom stereocenters. The van der Waals surface area contributed by atoms with Gasteiger partial charge in [-0.1, -0.05) is 25.1 Å². The van der Waals surface area contributed by atoms with Gasteiger partial charge in [-0.3, -0.25) is 9.52 Å². The number of nitrogens with zero attached hydrogens (tertiary/aromatic N) is 2. The van der Waals surface area contributed by atoms with Crippen molar-refractivity contribution in [3.63, 3.8) is 0 Å². The molecule has 0 fully saturated rings. The van der Waals surface area contributed by atoms with Crippen LogP contribution in [0.5, 0.6) is 0 Å². The molecule has 4 N–H and O–H groups in total. The van der Waals surface area contributed by atoms with Gasteiger partial charge in [-0.15, -0.1) is 0 Å². The van der Waals surface area contributed by atoms with Crippen molar-refractivity contribution in [2.45, 2.75) is 31.8 Å². The van der Waals surface area contributed by atoms with Crippen LogP contribution in [0.15, 0.2) is 51.4 Å². The number of carbonyl (C=O) groups is 1. The first kappa shape index (κ1) is 27.5. The maximum absolute atomic E-state index is 13.0. The van der Waals surface area contributed by atoms with Gasteiger partial charge >= 0.3 is 15.5 Å². The molecule has 0 unspecified atom stereocenters. The predicted octanol–water partition coefficient (Wildman–Crippen LogP) is 5.26. The average Bonchev–Trinajstić information content (AvgIpc) is 3.34. The Kier molecular flexibility index (Phi) is 7.48. The lowest BCUT2D eigenvalue weighted by molar-refractivity contribution is -0.0429. The summed E-state index contributed by atoms with van der Waals surface area (Å²) in [4.78, 5) is 16.9. The zero-order valence-corrected chi connectivity index (χ0v) is 22.6. The van der Waals surface area contributed by atoms with Gasteiger partial charge in [-0.05, 0) is 52.2 Å². The Morgan fingerprint density at radius 3 is 2.58 bits per heavy atom. The first-order valence-electron chi connectivity index (χ1n) is 11.3. The van der Waals surface area contributed by atoms with Gasteiger partial charge in [0, 0.05) is 31.0 Å². The first-order valence-corrected chi connectivity index (χ1v) is 13.6. The van der Waals surface area contributed by atoms with Crippen molar-refractivity contribution in [1.82, 2.24) is 14.9 Å². The van der Waals surface area contributed by atoms with Crippen LogP contribution in [0.3, 0.4) is 0 Å². The second-order valence-electron chi connectivity index (χ2n) is 8.35. The number of hydrogen-bond donors (Lipinski definition) is 3. The summed E-state index contributed by atoms with van der Waals surface area (Å²) in [5.41, 5.74) is 1.80. The van der Waals surface area contributed by atoms with Crippen LogP contribution < -0.4 is 15.8 Å². The number of furan rings is 1. The molecule has 0 bridgehead atoms. The molecule has 0 aliphatic rings. The largest absolute Gasteiger partial charge is 0.516 e. The summed E-state index contributed by atoms with van der Waals surface area (Å²) in [6, 6.07) is 10.9. The molecule has 0 radical (unpaired) electrons. The Morgan fingerprint density at radius 1 is 1.21 bits per heavy atom. The third-order valence-corrected chi connectivity index (χ3v) is 7.63. The molecule has 2 aromatic heterocycles. The summed E-state index contributed by atoms with van der Waals surface area (Å²) in [5, 5.41) is 3.17. The smallest absolute Gasteiger partial charge is 0.455 e. The fourth-order valence-electron chi connectivity index (χ4n) is 4.00. The van der Waals surface area contributed by atoms with Gasteiger partial charge in [-0.25, -0.2) is 4.98 Å². The van der Waals surface area contributed by atoms with Crippen molar-refractivity contribution in [1.29, 1.82) is 0 Å². The van der Waals surface area contributed by atoms with E-state index >= 15 is 0 Å². The van der Waals surface area contributed by atoms with Gasteiger partial charge in [0.1, 0.15) is 11.4 Å². The normalized spacial score (nSPS) is 12.2. The minimum absolute atomic E-state index is 0.111. The number of aromatic nitrogens is 2. The van der Waals surface area contributed by atoms with E-state index < -0.39 is 15.5 Å². The monoisotopic (exact) mass is 613 g/mol. The third kappa shape index (κ3) is 5.10. The minimum Gasteiger partial charge on any atom is -0.455 e. The van der Waals surface area contributed by atoms with Crippen molar-refractivity contribution in [2.24, 2.45) is 0 Å². The van der Waals surface area contributed by atoms with E-state index in [0.717, 1.165) is 12.0 Å². The third-order valence-electron chi connectivity index (χ3n) is 5.74. The van der Waals surface area contributed by atoms with Crippen molar-refractivity contribution >= 4 is 54.3 Å². The van der Waals surface area contributed by atoms with E-state index in [1.165, 1.54) is 25.2 Å². The van der Waals surface area contributed by atoms with Crippen molar-refractivity contribution in [3.8, 4) is 11.3 Å². The summed E-state index contributed by atoms with van der Waals surface area (Å²) in [6.07, 6.45) is 1.39. The number of alkyl halides is 3. The molecular weight excluding hydrogens is 591 g/mol. The average molecular weight is 614 g/mol. The number of fused-ring (bicyclic) bond motifs is 1. The van der Waals surface area contributed by atoms with Gasteiger partial charge in [0.2, 0.25) is 0 Å². The molecule has 4 aromatic rings. The van der Waals surface area contributed by atoms with Gasteiger partial charge in [-0.2, -0.15) is 21.6 Å².